The molecule has 0 aliphatic heterocycles. The first-order chi connectivity index (χ1) is 9.20. The van der Waals surface area contributed by atoms with Crippen molar-refractivity contribution in [3.8, 4) is 0 Å². The molecule has 0 bridgehead atoms. The second kappa shape index (κ2) is 6.88. The third kappa shape index (κ3) is 3.92. The minimum Gasteiger partial charge on any atom is -0.300 e. The van der Waals surface area contributed by atoms with Gasteiger partial charge in [-0.15, -0.1) is 0 Å². The second-order valence-corrected chi connectivity index (χ2v) is 6.04. The Hall–Kier alpha value is -1.11. The lowest BCUT2D eigenvalue weighted by molar-refractivity contribution is -0.117. The van der Waals surface area contributed by atoms with Gasteiger partial charge in [-0.05, 0) is 35.8 Å². The van der Waals surface area contributed by atoms with Crippen molar-refractivity contribution in [1.82, 2.24) is 0 Å². The first-order valence-corrected chi connectivity index (χ1v) is 7.82. The molecule has 0 amide bonds. The molecule has 1 aromatic rings. The molecule has 1 heteroatoms. The predicted octanol–water partition coefficient (Wildman–Crippen LogP) is 5.21. The minimum atomic E-state index is 0.432. The van der Waals surface area contributed by atoms with Gasteiger partial charge in [0.1, 0.15) is 5.78 Å². The highest BCUT2D eigenvalue weighted by atomic mass is 16.1. The summed E-state index contributed by atoms with van der Waals surface area (Å²) in [5, 5.41) is 0. The van der Waals surface area contributed by atoms with E-state index in [1.165, 1.54) is 36.8 Å². The van der Waals surface area contributed by atoms with Crippen LogP contribution < -0.4 is 0 Å². The standard InChI is InChI=1S/C18H26O/c1-3-4-5-6-14(2)15-7-9-16(10-8-15)17-11-12-18(19)13-17/h7-10,14,17H,3-6,11-13H2,1-2H3. The van der Waals surface area contributed by atoms with Crippen molar-refractivity contribution < 1.29 is 4.79 Å². The van der Waals surface area contributed by atoms with Gasteiger partial charge in [0, 0.05) is 12.8 Å². The molecule has 0 spiro atoms. The van der Waals surface area contributed by atoms with Crippen LogP contribution in [0.25, 0.3) is 0 Å². The number of rotatable bonds is 6. The van der Waals surface area contributed by atoms with Gasteiger partial charge in [0.2, 0.25) is 0 Å². The van der Waals surface area contributed by atoms with E-state index in [-0.39, 0.29) is 0 Å². The second-order valence-electron chi connectivity index (χ2n) is 6.04. The fourth-order valence-corrected chi connectivity index (χ4v) is 3.06. The van der Waals surface area contributed by atoms with E-state index < -0.39 is 0 Å². The average Bonchev–Trinajstić information content (AvgIpc) is 2.86. The molecule has 2 atom stereocenters. The van der Waals surface area contributed by atoms with Crippen LogP contribution in [0.2, 0.25) is 0 Å². The third-order valence-electron chi connectivity index (χ3n) is 4.46. The Bertz CT molecular complexity index is 404. The molecule has 104 valence electrons. The van der Waals surface area contributed by atoms with E-state index in [4.69, 9.17) is 0 Å². The van der Waals surface area contributed by atoms with Crippen LogP contribution in [-0.4, -0.2) is 5.78 Å². The molecule has 1 aliphatic carbocycles. The van der Waals surface area contributed by atoms with E-state index in [0.717, 1.165) is 19.3 Å². The van der Waals surface area contributed by atoms with Crippen LogP contribution in [0.3, 0.4) is 0 Å². The van der Waals surface area contributed by atoms with Gasteiger partial charge in [-0.3, -0.25) is 4.79 Å². The van der Waals surface area contributed by atoms with Crippen LogP contribution in [0.5, 0.6) is 0 Å². The highest BCUT2D eigenvalue weighted by molar-refractivity contribution is 5.81. The van der Waals surface area contributed by atoms with Gasteiger partial charge >= 0.3 is 0 Å². The lowest BCUT2D eigenvalue weighted by Crippen LogP contribution is -1.97. The van der Waals surface area contributed by atoms with Gasteiger partial charge in [0.15, 0.2) is 0 Å². The van der Waals surface area contributed by atoms with Crippen LogP contribution >= 0.6 is 0 Å². The fraction of sp³-hybridized carbons (Fsp3) is 0.611. The normalized spacial score (nSPS) is 20.7. The zero-order valence-electron chi connectivity index (χ0n) is 12.3. The molecular weight excluding hydrogens is 232 g/mol. The van der Waals surface area contributed by atoms with Crippen molar-refractivity contribution in [2.75, 3.05) is 0 Å². The molecular formula is C18H26O. The number of benzene rings is 1. The first-order valence-electron chi connectivity index (χ1n) is 7.82. The molecule has 2 rings (SSSR count). The number of unbranched alkanes of at least 4 members (excludes halogenated alkanes) is 2. The summed E-state index contributed by atoms with van der Waals surface area (Å²) < 4.78 is 0. The van der Waals surface area contributed by atoms with Crippen LogP contribution in [0.4, 0.5) is 0 Å². The van der Waals surface area contributed by atoms with Crippen molar-refractivity contribution >= 4 is 5.78 Å². The van der Waals surface area contributed by atoms with E-state index >= 15 is 0 Å². The highest BCUT2D eigenvalue weighted by Gasteiger charge is 2.23. The highest BCUT2D eigenvalue weighted by Crippen LogP contribution is 2.33. The van der Waals surface area contributed by atoms with E-state index in [1.54, 1.807) is 0 Å². The SMILES string of the molecule is CCCCCC(C)c1ccc(C2CCC(=O)C2)cc1. The van der Waals surface area contributed by atoms with Gasteiger partial charge < -0.3 is 0 Å². The number of hydrogen-bond donors (Lipinski definition) is 0. The van der Waals surface area contributed by atoms with E-state index in [2.05, 4.69) is 38.1 Å². The summed E-state index contributed by atoms with van der Waals surface area (Å²) in [5.74, 6) is 1.57. The maximum Gasteiger partial charge on any atom is 0.133 e. The van der Waals surface area contributed by atoms with E-state index in [9.17, 15) is 4.79 Å². The van der Waals surface area contributed by atoms with Crippen molar-refractivity contribution in [3.05, 3.63) is 35.4 Å². The summed E-state index contributed by atoms with van der Waals surface area (Å²) in [4.78, 5) is 11.3. The molecule has 19 heavy (non-hydrogen) atoms. The fourth-order valence-electron chi connectivity index (χ4n) is 3.06. The third-order valence-corrected chi connectivity index (χ3v) is 4.46. The molecule has 1 fully saturated rings. The molecule has 2 unspecified atom stereocenters. The molecule has 1 aliphatic rings. The van der Waals surface area contributed by atoms with Crippen LogP contribution in [-0.2, 0) is 4.79 Å². The molecule has 1 saturated carbocycles. The molecule has 0 radical (unpaired) electrons. The summed E-state index contributed by atoms with van der Waals surface area (Å²) in [6.07, 6.45) is 7.83. The maximum absolute atomic E-state index is 11.3. The monoisotopic (exact) mass is 258 g/mol. The van der Waals surface area contributed by atoms with Crippen molar-refractivity contribution in [2.24, 2.45) is 0 Å². The molecule has 0 heterocycles. The Morgan fingerprint density at radius 2 is 1.95 bits per heavy atom. The lowest BCUT2D eigenvalue weighted by Gasteiger charge is -2.14. The zero-order valence-corrected chi connectivity index (χ0v) is 12.3. The predicted molar refractivity (Wildman–Crippen MR) is 80.6 cm³/mol. The Morgan fingerprint density at radius 3 is 2.53 bits per heavy atom. The number of hydrogen-bond acceptors (Lipinski definition) is 1. The first kappa shape index (κ1) is 14.3. The Labute approximate surface area is 117 Å². The number of ketones is 1. The Balaban J connectivity index is 1.92. The largest absolute Gasteiger partial charge is 0.300 e. The van der Waals surface area contributed by atoms with E-state index in [0.29, 0.717) is 17.6 Å². The van der Waals surface area contributed by atoms with Crippen LogP contribution in [0.15, 0.2) is 24.3 Å². The van der Waals surface area contributed by atoms with Crippen molar-refractivity contribution in [2.45, 2.75) is 70.6 Å². The van der Waals surface area contributed by atoms with Gasteiger partial charge in [0.25, 0.3) is 0 Å². The van der Waals surface area contributed by atoms with Gasteiger partial charge in [-0.25, -0.2) is 0 Å². The van der Waals surface area contributed by atoms with Gasteiger partial charge in [0.05, 0.1) is 0 Å². The summed E-state index contributed by atoms with van der Waals surface area (Å²) in [6, 6.07) is 9.04. The topological polar surface area (TPSA) is 17.1 Å². The lowest BCUT2D eigenvalue weighted by atomic mass is 9.91. The molecule has 0 saturated heterocycles. The smallest absolute Gasteiger partial charge is 0.133 e. The minimum absolute atomic E-state index is 0.432. The van der Waals surface area contributed by atoms with Crippen molar-refractivity contribution in [3.63, 3.8) is 0 Å². The number of carbonyl (C=O) groups is 1. The Morgan fingerprint density at radius 1 is 1.21 bits per heavy atom. The maximum atomic E-state index is 11.3. The summed E-state index contributed by atoms with van der Waals surface area (Å²) >= 11 is 0. The number of Topliss-reactive ketones (excluding diaryl/α,β-unsaturated/α-hetero) is 1. The number of carbonyl (C=O) groups excluding carboxylic acids is 1. The van der Waals surface area contributed by atoms with Gasteiger partial charge in [-0.1, -0.05) is 57.4 Å². The van der Waals surface area contributed by atoms with Crippen LogP contribution in [0.1, 0.15) is 81.8 Å². The zero-order chi connectivity index (χ0) is 13.7. The molecule has 0 N–H and O–H groups in total. The van der Waals surface area contributed by atoms with Gasteiger partial charge in [-0.2, -0.15) is 0 Å². The molecule has 0 aromatic heterocycles. The average molecular weight is 258 g/mol. The summed E-state index contributed by atoms with van der Waals surface area (Å²) in [7, 11) is 0. The molecule has 1 nitrogen and oxygen atoms in total. The quantitative estimate of drug-likeness (QED) is 0.640. The van der Waals surface area contributed by atoms with Crippen LogP contribution in [0, 0.1) is 0 Å². The summed E-state index contributed by atoms with van der Waals surface area (Å²) in [5.41, 5.74) is 2.81. The van der Waals surface area contributed by atoms with Crippen molar-refractivity contribution in [1.29, 1.82) is 0 Å². The van der Waals surface area contributed by atoms with E-state index in [1.807, 2.05) is 0 Å². The molecule has 1 aromatic carbocycles. The Kier molecular flexibility index (Phi) is 5.18. The summed E-state index contributed by atoms with van der Waals surface area (Å²) in [6.45, 7) is 4.58.